The summed E-state index contributed by atoms with van der Waals surface area (Å²) in [4.78, 5) is 0. The molecule has 0 N–H and O–H groups in total. The molecule has 0 aliphatic carbocycles. The molecular formula is C21H22Cl2F3NO. The van der Waals surface area contributed by atoms with Gasteiger partial charge in [-0.25, -0.2) is 0 Å². The van der Waals surface area contributed by atoms with E-state index in [0.29, 0.717) is 0 Å². The van der Waals surface area contributed by atoms with Gasteiger partial charge in [-0.3, -0.25) is 0 Å². The van der Waals surface area contributed by atoms with Gasteiger partial charge in [0, 0.05) is 35.2 Å². The number of aromatic nitrogens is 1. The topological polar surface area (TPSA) is 14.2 Å². The summed E-state index contributed by atoms with van der Waals surface area (Å²) in [7, 11) is 1.05. The summed E-state index contributed by atoms with van der Waals surface area (Å²) in [6, 6.07) is 7.70. The van der Waals surface area contributed by atoms with Crippen LogP contribution in [0, 0.1) is 0 Å². The van der Waals surface area contributed by atoms with E-state index in [0.717, 1.165) is 18.4 Å². The Hall–Kier alpha value is -1.69. The van der Waals surface area contributed by atoms with Crippen molar-refractivity contribution in [3.8, 4) is 0 Å². The molecule has 0 aliphatic rings. The van der Waals surface area contributed by atoms with Crippen LogP contribution in [0.25, 0.3) is 5.70 Å². The van der Waals surface area contributed by atoms with Crippen LogP contribution in [0.2, 0.25) is 10.0 Å². The molecule has 0 spiro atoms. The predicted octanol–water partition coefficient (Wildman–Crippen LogP) is 7.49. The number of ether oxygens (including phenoxy) is 1. The summed E-state index contributed by atoms with van der Waals surface area (Å²) in [5.74, 6) is 0. The molecule has 1 atom stereocenters. The Labute approximate surface area is 173 Å². The summed E-state index contributed by atoms with van der Waals surface area (Å²) in [6.45, 7) is 3.72. The van der Waals surface area contributed by atoms with Gasteiger partial charge >= 0.3 is 6.18 Å². The molecule has 1 heterocycles. The number of halogens is 5. The summed E-state index contributed by atoms with van der Waals surface area (Å²) < 4.78 is 49.1. The van der Waals surface area contributed by atoms with Crippen LogP contribution in [0.15, 0.2) is 60.5 Å². The first-order valence-corrected chi connectivity index (χ1v) is 9.40. The summed E-state index contributed by atoms with van der Waals surface area (Å²) >= 11 is 11.9. The number of hydrogen-bond acceptors (Lipinski definition) is 1. The molecule has 152 valence electrons. The highest BCUT2D eigenvalue weighted by Crippen LogP contribution is 2.47. The fourth-order valence-corrected chi connectivity index (χ4v) is 3.47. The van der Waals surface area contributed by atoms with E-state index in [1.165, 1.54) is 18.2 Å². The smallest absolute Gasteiger partial charge is 0.364 e. The molecule has 1 unspecified atom stereocenters. The van der Waals surface area contributed by atoms with Crippen LogP contribution in [-0.4, -0.2) is 17.9 Å². The Morgan fingerprint density at radius 1 is 1.04 bits per heavy atom. The van der Waals surface area contributed by atoms with Gasteiger partial charge in [0.25, 0.3) is 0 Å². The molecule has 1 aromatic carbocycles. The molecule has 2 aromatic rings. The van der Waals surface area contributed by atoms with Gasteiger partial charge < -0.3 is 9.30 Å². The maximum Gasteiger partial charge on any atom is 0.421 e. The van der Waals surface area contributed by atoms with Gasteiger partial charge in [0.05, 0.1) is 0 Å². The largest absolute Gasteiger partial charge is 0.421 e. The van der Waals surface area contributed by atoms with Crippen LogP contribution in [0.3, 0.4) is 0 Å². The minimum atomic E-state index is -4.63. The maximum atomic E-state index is 14.0. The van der Waals surface area contributed by atoms with E-state index < -0.39 is 11.8 Å². The molecule has 2 nitrogen and oxygen atoms in total. The number of nitrogens with zero attached hydrogens (tertiary/aromatic N) is 1. The third kappa shape index (κ3) is 5.22. The first kappa shape index (κ1) is 22.6. The van der Waals surface area contributed by atoms with Gasteiger partial charge in [-0.2, -0.15) is 13.2 Å². The number of hydrogen-bond donors (Lipinski definition) is 0. The molecule has 0 saturated heterocycles. The second-order valence-electron chi connectivity index (χ2n) is 6.60. The first-order valence-electron chi connectivity index (χ1n) is 8.65. The van der Waals surface area contributed by atoms with E-state index in [1.54, 1.807) is 6.92 Å². The lowest BCUT2D eigenvalue weighted by molar-refractivity contribution is -0.279. The molecule has 28 heavy (non-hydrogen) atoms. The molecule has 1 aromatic heterocycles. The van der Waals surface area contributed by atoms with Gasteiger partial charge in [0.1, 0.15) is 0 Å². The number of rotatable bonds is 7. The van der Waals surface area contributed by atoms with Crippen molar-refractivity contribution >= 4 is 28.9 Å². The number of alkyl halides is 3. The third-order valence-electron chi connectivity index (χ3n) is 4.63. The van der Waals surface area contributed by atoms with Crippen molar-refractivity contribution in [1.82, 2.24) is 4.57 Å². The highest BCUT2D eigenvalue weighted by atomic mass is 35.5. The quantitative estimate of drug-likeness (QED) is 0.414. The Balaban J connectivity index is 2.28. The number of methoxy groups -OCH3 is 1. The van der Waals surface area contributed by atoms with E-state index in [1.807, 2.05) is 48.2 Å². The van der Waals surface area contributed by atoms with Crippen LogP contribution in [0.4, 0.5) is 13.2 Å². The van der Waals surface area contributed by atoms with E-state index in [9.17, 15) is 13.2 Å². The lowest BCUT2D eigenvalue weighted by Crippen LogP contribution is -2.44. The van der Waals surface area contributed by atoms with Crippen molar-refractivity contribution < 1.29 is 17.9 Å². The number of benzene rings is 1. The van der Waals surface area contributed by atoms with E-state index in [4.69, 9.17) is 27.9 Å². The molecule has 0 bridgehead atoms. The average molecular weight is 432 g/mol. The summed E-state index contributed by atoms with van der Waals surface area (Å²) in [5, 5.41) is 0.261. The van der Waals surface area contributed by atoms with Crippen molar-refractivity contribution in [3.63, 3.8) is 0 Å². The van der Waals surface area contributed by atoms with E-state index in [2.05, 4.69) is 0 Å². The van der Waals surface area contributed by atoms with Crippen LogP contribution in [-0.2, 0) is 10.3 Å². The zero-order valence-electron chi connectivity index (χ0n) is 15.9. The lowest BCUT2D eigenvalue weighted by atomic mass is 9.86. The standard InChI is InChI=1S/C21H22Cl2F3NO/c1-15(6-7-16(2)27-10-4-5-11-27)8-9-20(28-3,21(24,25)26)17-12-18(22)14-19(23)13-17/h4-7,10-14H,8-9H2,1-3H3/b15-6+,16-7+. The van der Waals surface area contributed by atoms with Crippen molar-refractivity contribution in [3.05, 3.63) is 76.1 Å². The third-order valence-corrected chi connectivity index (χ3v) is 5.06. The van der Waals surface area contributed by atoms with Crippen LogP contribution in [0.1, 0.15) is 32.3 Å². The van der Waals surface area contributed by atoms with Crippen molar-refractivity contribution in [2.75, 3.05) is 7.11 Å². The normalized spacial score (nSPS) is 15.6. The molecule has 0 saturated carbocycles. The van der Waals surface area contributed by atoms with Crippen LogP contribution < -0.4 is 0 Å². The second kappa shape index (κ2) is 9.21. The van der Waals surface area contributed by atoms with Crippen LogP contribution in [0.5, 0.6) is 0 Å². The Morgan fingerprint density at radius 3 is 2.11 bits per heavy atom. The lowest BCUT2D eigenvalue weighted by Gasteiger charge is -2.35. The Kier molecular flexibility index (Phi) is 7.43. The summed E-state index contributed by atoms with van der Waals surface area (Å²) in [5.41, 5.74) is -0.840. The molecule has 0 aliphatic heterocycles. The van der Waals surface area contributed by atoms with Crippen molar-refractivity contribution in [2.45, 2.75) is 38.5 Å². The molecule has 7 heteroatoms. The maximum absolute atomic E-state index is 14.0. The molecule has 0 radical (unpaired) electrons. The van der Waals surface area contributed by atoms with Gasteiger partial charge in [-0.05, 0) is 68.7 Å². The van der Waals surface area contributed by atoms with E-state index >= 15 is 0 Å². The fraction of sp³-hybridized carbons (Fsp3) is 0.333. The highest BCUT2D eigenvalue weighted by Gasteiger charge is 2.56. The molecule has 0 fully saturated rings. The van der Waals surface area contributed by atoms with Crippen molar-refractivity contribution in [1.29, 1.82) is 0 Å². The monoisotopic (exact) mass is 431 g/mol. The fourth-order valence-electron chi connectivity index (χ4n) is 2.95. The predicted molar refractivity (Wildman–Crippen MR) is 109 cm³/mol. The number of allylic oxidation sites excluding steroid dienone is 4. The van der Waals surface area contributed by atoms with Crippen LogP contribution >= 0.6 is 23.2 Å². The van der Waals surface area contributed by atoms with Gasteiger partial charge in [-0.1, -0.05) is 34.9 Å². The van der Waals surface area contributed by atoms with E-state index in [-0.39, 0.29) is 28.5 Å². The Morgan fingerprint density at radius 2 is 1.61 bits per heavy atom. The van der Waals surface area contributed by atoms with Gasteiger partial charge in [0.2, 0.25) is 0 Å². The molecular weight excluding hydrogens is 410 g/mol. The SMILES string of the molecule is COC(CC/C(C)=C/C=C(\C)n1cccc1)(c1cc(Cl)cc(Cl)c1)C(F)(F)F. The van der Waals surface area contributed by atoms with Gasteiger partial charge in [0.15, 0.2) is 5.60 Å². The minimum Gasteiger partial charge on any atom is -0.364 e. The second-order valence-corrected chi connectivity index (χ2v) is 7.47. The zero-order valence-corrected chi connectivity index (χ0v) is 17.4. The molecule has 2 rings (SSSR count). The average Bonchev–Trinajstić information content (AvgIpc) is 3.13. The van der Waals surface area contributed by atoms with Crippen molar-refractivity contribution in [2.24, 2.45) is 0 Å². The summed E-state index contributed by atoms with van der Waals surface area (Å²) in [6.07, 6.45) is 2.75. The first-order chi connectivity index (χ1) is 13.1. The Bertz CT molecular complexity index is 837. The zero-order chi connectivity index (χ0) is 20.9. The highest BCUT2D eigenvalue weighted by molar-refractivity contribution is 6.34. The van der Waals surface area contributed by atoms with Gasteiger partial charge in [-0.15, -0.1) is 0 Å². The minimum absolute atomic E-state index is 0.105. The molecule has 0 amide bonds.